The lowest BCUT2D eigenvalue weighted by atomic mass is 10.1. The van der Waals surface area contributed by atoms with E-state index in [4.69, 9.17) is 0 Å². The van der Waals surface area contributed by atoms with E-state index in [1.807, 2.05) is 0 Å². The van der Waals surface area contributed by atoms with Crippen LogP contribution in [-0.2, 0) is 9.59 Å². The Balaban J connectivity index is 1.92. The normalized spacial score (nSPS) is 28.6. The van der Waals surface area contributed by atoms with Gasteiger partial charge in [0.25, 0.3) is 5.91 Å². The molecule has 1 aliphatic carbocycles. The molecule has 20 heavy (non-hydrogen) atoms. The number of imide groups is 1. The SMILES string of the molecule is CC1(C)NC(=O)N(CC(=O)NC2CCCC2CO)C1=O. The third-order valence-corrected chi connectivity index (χ3v) is 3.99. The van der Waals surface area contributed by atoms with E-state index in [1.165, 1.54) is 0 Å². The van der Waals surface area contributed by atoms with E-state index in [0.717, 1.165) is 24.2 Å². The molecular weight excluding hydrogens is 262 g/mol. The first kappa shape index (κ1) is 14.8. The Hall–Kier alpha value is -1.63. The van der Waals surface area contributed by atoms with Crippen LogP contribution in [-0.4, -0.2) is 52.6 Å². The maximum absolute atomic E-state index is 12.0. The summed E-state index contributed by atoms with van der Waals surface area (Å²) >= 11 is 0. The van der Waals surface area contributed by atoms with E-state index < -0.39 is 17.5 Å². The first-order chi connectivity index (χ1) is 9.35. The second-order valence-corrected chi connectivity index (χ2v) is 5.99. The van der Waals surface area contributed by atoms with Crippen LogP contribution >= 0.6 is 0 Å². The molecule has 2 unspecified atom stereocenters. The molecule has 1 heterocycles. The zero-order chi connectivity index (χ0) is 14.9. The summed E-state index contributed by atoms with van der Waals surface area (Å²) in [6.07, 6.45) is 2.67. The highest BCUT2D eigenvalue weighted by molar-refractivity contribution is 6.08. The number of amides is 4. The number of hydrogen-bond donors (Lipinski definition) is 3. The lowest BCUT2D eigenvalue weighted by Gasteiger charge is -2.21. The molecule has 2 aliphatic rings. The average molecular weight is 283 g/mol. The molecule has 1 saturated carbocycles. The first-order valence-electron chi connectivity index (χ1n) is 6.89. The van der Waals surface area contributed by atoms with Crippen LogP contribution in [0.5, 0.6) is 0 Å². The van der Waals surface area contributed by atoms with E-state index in [-0.39, 0.29) is 31.0 Å². The van der Waals surface area contributed by atoms with Gasteiger partial charge in [0.05, 0.1) is 0 Å². The van der Waals surface area contributed by atoms with Crippen LogP contribution in [0.4, 0.5) is 4.79 Å². The predicted octanol–water partition coefficient (Wildman–Crippen LogP) is -0.406. The Morgan fingerprint density at radius 2 is 2.15 bits per heavy atom. The van der Waals surface area contributed by atoms with Crippen LogP contribution < -0.4 is 10.6 Å². The summed E-state index contributed by atoms with van der Waals surface area (Å²) in [5.41, 5.74) is -0.960. The van der Waals surface area contributed by atoms with Gasteiger partial charge < -0.3 is 15.7 Å². The highest BCUT2D eigenvalue weighted by Gasteiger charge is 2.45. The Kier molecular flexibility index (Phi) is 3.99. The zero-order valence-electron chi connectivity index (χ0n) is 11.8. The second-order valence-electron chi connectivity index (χ2n) is 5.99. The fourth-order valence-electron chi connectivity index (χ4n) is 2.80. The van der Waals surface area contributed by atoms with Crippen molar-refractivity contribution in [1.82, 2.24) is 15.5 Å². The van der Waals surface area contributed by atoms with Gasteiger partial charge in [-0.25, -0.2) is 4.79 Å². The highest BCUT2D eigenvalue weighted by atomic mass is 16.3. The number of carbonyl (C=O) groups excluding carboxylic acids is 3. The summed E-state index contributed by atoms with van der Waals surface area (Å²) in [5.74, 6) is -0.696. The van der Waals surface area contributed by atoms with Crippen molar-refractivity contribution in [2.24, 2.45) is 5.92 Å². The largest absolute Gasteiger partial charge is 0.396 e. The monoisotopic (exact) mass is 283 g/mol. The maximum Gasteiger partial charge on any atom is 0.325 e. The van der Waals surface area contributed by atoms with Crippen LogP contribution in [0.25, 0.3) is 0 Å². The van der Waals surface area contributed by atoms with Gasteiger partial charge in [-0.15, -0.1) is 0 Å². The Morgan fingerprint density at radius 3 is 2.70 bits per heavy atom. The van der Waals surface area contributed by atoms with Crippen LogP contribution in [0, 0.1) is 5.92 Å². The number of rotatable bonds is 4. The van der Waals surface area contributed by atoms with Crippen molar-refractivity contribution in [2.75, 3.05) is 13.2 Å². The van der Waals surface area contributed by atoms with Gasteiger partial charge in [0, 0.05) is 18.6 Å². The molecule has 0 bridgehead atoms. The van der Waals surface area contributed by atoms with E-state index in [9.17, 15) is 19.5 Å². The molecular formula is C13H21N3O4. The van der Waals surface area contributed by atoms with Crippen molar-refractivity contribution in [2.45, 2.75) is 44.7 Å². The van der Waals surface area contributed by atoms with Crippen molar-refractivity contribution < 1.29 is 19.5 Å². The molecule has 7 nitrogen and oxygen atoms in total. The summed E-state index contributed by atoms with van der Waals surface area (Å²) < 4.78 is 0. The molecule has 7 heteroatoms. The Labute approximate surface area is 117 Å². The van der Waals surface area contributed by atoms with E-state index in [1.54, 1.807) is 13.8 Å². The van der Waals surface area contributed by atoms with Gasteiger partial charge >= 0.3 is 6.03 Å². The highest BCUT2D eigenvalue weighted by Crippen LogP contribution is 2.25. The zero-order valence-corrected chi connectivity index (χ0v) is 11.8. The van der Waals surface area contributed by atoms with Crippen molar-refractivity contribution in [3.63, 3.8) is 0 Å². The maximum atomic E-state index is 12.0. The van der Waals surface area contributed by atoms with Crippen molar-refractivity contribution in [3.8, 4) is 0 Å². The quantitative estimate of drug-likeness (QED) is 0.611. The number of nitrogens with zero attached hydrogens (tertiary/aromatic N) is 1. The average Bonchev–Trinajstić information content (AvgIpc) is 2.87. The molecule has 112 valence electrons. The molecule has 1 saturated heterocycles. The molecule has 2 rings (SSSR count). The van der Waals surface area contributed by atoms with Crippen LogP contribution in [0.1, 0.15) is 33.1 Å². The van der Waals surface area contributed by atoms with Gasteiger partial charge in [-0.05, 0) is 26.7 Å². The van der Waals surface area contributed by atoms with Crippen molar-refractivity contribution in [1.29, 1.82) is 0 Å². The molecule has 1 aliphatic heterocycles. The lowest BCUT2D eigenvalue weighted by Crippen LogP contribution is -2.46. The number of carbonyl (C=O) groups is 3. The number of aliphatic hydroxyl groups is 1. The molecule has 2 fully saturated rings. The molecule has 0 aromatic heterocycles. The fourth-order valence-corrected chi connectivity index (χ4v) is 2.80. The van der Waals surface area contributed by atoms with Gasteiger partial charge in [0.1, 0.15) is 12.1 Å². The standard InChI is InChI=1S/C13H21N3O4/c1-13(2)11(19)16(12(20)15-13)6-10(18)14-9-5-3-4-8(9)7-17/h8-9,17H,3-7H2,1-2H3,(H,14,18)(H,15,20). The molecule has 0 aromatic carbocycles. The molecule has 0 radical (unpaired) electrons. The smallest absolute Gasteiger partial charge is 0.325 e. The molecule has 0 spiro atoms. The second kappa shape index (κ2) is 5.40. The topological polar surface area (TPSA) is 98.7 Å². The number of hydrogen-bond acceptors (Lipinski definition) is 4. The van der Waals surface area contributed by atoms with Crippen LogP contribution in [0.2, 0.25) is 0 Å². The first-order valence-corrected chi connectivity index (χ1v) is 6.89. The minimum atomic E-state index is -0.960. The summed E-state index contributed by atoms with van der Waals surface area (Å²) in [6.45, 7) is 2.97. The lowest BCUT2D eigenvalue weighted by molar-refractivity contribution is -0.134. The summed E-state index contributed by atoms with van der Waals surface area (Å²) in [4.78, 5) is 36.5. The minimum Gasteiger partial charge on any atom is -0.396 e. The Morgan fingerprint density at radius 1 is 1.45 bits per heavy atom. The number of nitrogens with one attached hydrogen (secondary N) is 2. The van der Waals surface area contributed by atoms with Gasteiger partial charge in [0.2, 0.25) is 5.91 Å². The van der Waals surface area contributed by atoms with Crippen LogP contribution in [0.15, 0.2) is 0 Å². The molecule has 0 aromatic rings. The van der Waals surface area contributed by atoms with Crippen molar-refractivity contribution >= 4 is 17.8 Å². The molecule has 4 amide bonds. The van der Waals surface area contributed by atoms with Gasteiger partial charge in [-0.2, -0.15) is 0 Å². The number of aliphatic hydroxyl groups excluding tert-OH is 1. The van der Waals surface area contributed by atoms with Gasteiger partial charge in [-0.3, -0.25) is 14.5 Å². The van der Waals surface area contributed by atoms with E-state index in [0.29, 0.717) is 0 Å². The summed E-state index contributed by atoms with van der Waals surface area (Å²) in [7, 11) is 0. The summed E-state index contributed by atoms with van der Waals surface area (Å²) in [6, 6.07) is -0.610. The van der Waals surface area contributed by atoms with E-state index >= 15 is 0 Å². The fraction of sp³-hybridized carbons (Fsp3) is 0.769. The predicted molar refractivity (Wildman–Crippen MR) is 70.7 cm³/mol. The molecule has 2 atom stereocenters. The number of urea groups is 1. The van der Waals surface area contributed by atoms with Gasteiger partial charge in [0.15, 0.2) is 0 Å². The van der Waals surface area contributed by atoms with Crippen LogP contribution in [0.3, 0.4) is 0 Å². The van der Waals surface area contributed by atoms with Gasteiger partial charge in [-0.1, -0.05) is 6.42 Å². The third-order valence-electron chi connectivity index (χ3n) is 3.99. The third kappa shape index (κ3) is 2.77. The summed E-state index contributed by atoms with van der Waals surface area (Å²) in [5, 5.41) is 14.5. The van der Waals surface area contributed by atoms with Crippen molar-refractivity contribution in [3.05, 3.63) is 0 Å². The Bertz CT molecular complexity index is 435. The van der Waals surface area contributed by atoms with E-state index in [2.05, 4.69) is 10.6 Å². The molecule has 3 N–H and O–H groups in total. The minimum absolute atomic E-state index is 0.0428.